The number of rotatable bonds is 4. The monoisotopic (exact) mass is 179 g/mol. The van der Waals surface area contributed by atoms with Crippen LogP contribution < -0.4 is 10.6 Å². The van der Waals surface area contributed by atoms with E-state index in [1.54, 1.807) is 6.20 Å². The second-order valence-corrected chi connectivity index (χ2v) is 3.41. The first kappa shape index (κ1) is 9.99. The van der Waals surface area contributed by atoms with Crippen LogP contribution in [-0.2, 0) is 0 Å². The Morgan fingerprint density at radius 1 is 1.54 bits per heavy atom. The van der Waals surface area contributed by atoms with Gasteiger partial charge in [-0.05, 0) is 24.6 Å². The Bertz CT molecular complexity index is 235. The van der Waals surface area contributed by atoms with E-state index in [-0.39, 0.29) is 0 Å². The van der Waals surface area contributed by atoms with Gasteiger partial charge < -0.3 is 10.6 Å². The molecule has 1 aromatic rings. The molecule has 0 spiro atoms. The van der Waals surface area contributed by atoms with Gasteiger partial charge in [0.2, 0.25) is 0 Å². The van der Waals surface area contributed by atoms with Crippen molar-refractivity contribution in [1.29, 1.82) is 0 Å². The number of nitrogens with two attached hydrogens (primary N) is 1. The van der Waals surface area contributed by atoms with Crippen molar-refractivity contribution in [3.8, 4) is 0 Å². The maximum absolute atomic E-state index is 5.55. The van der Waals surface area contributed by atoms with Crippen molar-refractivity contribution in [2.45, 2.75) is 6.92 Å². The molecule has 1 rings (SSSR count). The third-order valence-corrected chi connectivity index (χ3v) is 2.03. The highest BCUT2D eigenvalue weighted by Gasteiger charge is 2.05. The van der Waals surface area contributed by atoms with E-state index in [4.69, 9.17) is 5.73 Å². The van der Waals surface area contributed by atoms with E-state index in [1.165, 1.54) is 0 Å². The van der Waals surface area contributed by atoms with Gasteiger partial charge >= 0.3 is 0 Å². The molecule has 13 heavy (non-hydrogen) atoms. The molecule has 0 aromatic carbocycles. The van der Waals surface area contributed by atoms with Crippen molar-refractivity contribution in [1.82, 2.24) is 4.98 Å². The smallest absolute Gasteiger partial charge is 0.128 e. The summed E-state index contributed by atoms with van der Waals surface area (Å²) in [7, 11) is 2.04. The van der Waals surface area contributed by atoms with Gasteiger partial charge in [0.25, 0.3) is 0 Å². The number of hydrogen-bond donors (Lipinski definition) is 1. The quantitative estimate of drug-likeness (QED) is 0.753. The normalized spacial score (nSPS) is 12.5. The van der Waals surface area contributed by atoms with Crippen LogP contribution in [0.5, 0.6) is 0 Å². The molecule has 0 bridgehead atoms. The minimum atomic E-state index is 0.506. The lowest BCUT2D eigenvalue weighted by atomic mass is 10.2. The lowest BCUT2D eigenvalue weighted by Gasteiger charge is -2.21. The minimum Gasteiger partial charge on any atom is -0.359 e. The predicted molar refractivity (Wildman–Crippen MR) is 55.7 cm³/mol. The summed E-state index contributed by atoms with van der Waals surface area (Å²) in [5, 5.41) is 0. The molecular weight excluding hydrogens is 162 g/mol. The first-order chi connectivity index (χ1) is 6.24. The zero-order valence-electron chi connectivity index (χ0n) is 8.27. The first-order valence-corrected chi connectivity index (χ1v) is 4.56. The highest BCUT2D eigenvalue weighted by molar-refractivity contribution is 5.36. The minimum absolute atomic E-state index is 0.506. The average Bonchev–Trinajstić information content (AvgIpc) is 2.19. The van der Waals surface area contributed by atoms with Crippen molar-refractivity contribution in [2.75, 3.05) is 25.0 Å². The maximum atomic E-state index is 5.55. The molecule has 0 saturated heterocycles. The summed E-state index contributed by atoms with van der Waals surface area (Å²) in [6.07, 6.45) is 1.80. The molecule has 0 radical (unpaired) electrons. The van der Waals surface area contributed by atoms with E-state index in [1.807, 2.05) is 25.2 Å². The number of nitrogens with zero attached hydrogens (tertiary/aromatic N) is 2. The van der Waals surface area contributed by atoms with Crippen LogP contribution in [0.25, 0.3) is 0 Å². The van der Waals surface area contributed by atoms with Crippen LogP contribution in [0.2, 0.25) is 0 Å². The summed E-state index contributed by atoms with van der Waals surface area (Å²) < 4.78 is 0. The van der Waals surface area contributed by atoms with Gasteiger partial charge in [0.05, 0.1) is 0 Å². The van der Waals surface area contributed by atoms with Gasteiger partial charge in [-0.15, -0.1) is 0 Å². The van der Waals surface area contributed by atoms with Crippen molar-refractivity contribution in [2.24, 2.45) is 11.7 Å². The molecule has 0 fully saturated rings. The highest BCUT2D eigenvalue weighted by Crippen LogP contribution is 2.08. The van der Waals surface area contributed by atoms with Gasteiger partial charge in [0.1, 0.15) is 5.82 Å². The summed E-state index contributed by atoms with van der Waals surface area (Å²) in [6.45, 7) is 3.81. The van der Waals surface area contributed by atoms with Gasteiger partial charge in [-0.3, -0.25) is 0 Å². The molecule has 1 aromatic heterocycles. The van der Waals surface area contributed by atoms with Crippen LogP contribution in [0.1, 0.15) is 6.92 Å². The lowest BCUT2D eigenvalue weighted by molar-refractivity contribution is 0.587. The molecule has 1 atom stereocenters. The molecule has 0 aliphatic heterocycles. The number of anilines is 1. The Morgan fingerprint density at radius 3 is 2.85 bits per heavy atom. The summed E-state index contributed by atoms with van der Waals surface area (Å²) in [5.74, 6) is 1.51. The summed E-state index contributed by atoms with van der Waals surface area (Å²) >= 11 is 0. The molecule has 1 unspecified atom stereocenters. The fraction of sp³-hybridized carbons (Fsp3) is 0.500. The van der Waals surface area contributed by atoms with E-state index in [2.05, 4.69) is 16.8 Å². The van der Waals surface area contributed by atoms with Gasteiger partial charge in [0, 0.05) is 19.8 Å². The summed E-state index contributed by atoms with van der Waals surface area (Å²) in [4.78, 5) is 6.37. The fourth-order valence-corrected chi connectivity index (χ4v) is 1.22. The zero-order valence-corrected chi connectivity index (χ0v) is 8.27. The second kappa shape index (κ2) is 4.82. The van der Waals surface area contributed by atoms with E-state index < -0.39 is 0 Å². The molecule has 0 saturated carbocycles. The Balaban J connectivity index is 2.53. The van der Waals surface area contributed by atoms with Crippen LogP contribution in [0.15, 0.2) is 24.4 Å². The number of aromatic nitrogens is 1. The summed E-state index contributed by atoms with van der Waals surface area (Å²) in [5.41, 5.74) is 5.55. The van der Waals surface area contributed by atoms with Gasteiger partial charge in [-0.25, -0.2) is 4.98 Å². The van der Waals surface area contributed by atoms with Crippen molar-refractivity contribution >= 4 is 5.82 Å². The molecule has 2 N–H and O–H groups in total. The molecule has 72 valence electrons. The SMILES string of the molecule is CC(CN)CN(C)c1ccccn1. The van der Waals surface area contributed by atoms with Crippen molar-refractivity contribution in [3.05, 3.63) is 24.4 Å². The number of hydrogen-bond acceptors (Lipinski definition) is 3. The summed E-state index contributed by atoms with van der Waals surface area (Å²) in [6, 6.07) is 5.92. The third-order valence-electron chi connectivity index (χ3n) is 2.03. The number of pyridine rings is 1. The third kappa shape index (κ3) is 3.03. The van der Waals surface area contributed by atoms with E-state index in [0.29, 0.717) is 5.92 Å². The van der Waals surface area contributed by atoms with E-state index in [0.717, 1.165) is 18.9 Å². The van der Waals surface area contributed by atoms with E-state index in [9.17, 15) is 0 Å². The molecule has 0 amide bonds. The van der Waals surface area contributed by atoms with Crippen LogP contribution in [-0.4, -0.2) is 25.1 Å². The predicted octanol–water partition coefficient (Wildman–Crippen LogP) is 1.11. The molecular formula is C10H17N3. The Hall–Kier alpha value is -1.09. The van der Waals surface area contributed by atoms with Crippen LogP contribution in [0.4, 0.5) is 5.82 Å². The fourth-order valence-electron chi connectivity index (χ4n) is 1.22. The lowest BCUT2D eigenvalue weighted by Crippen LogP contribution is -2.28. The van der Waals surface area contributed by atoms with Gasteiger partial charge in [-0.2, -0.15) is 0 Å². The zero-order chi connectivity index (χ0) is 9.68. The second-order valence-electron chi connectivity index (χ2n) is 3.41. The van der Waals surface area contributed by atoms with Gasteiger partial charge in [0.15, 0.2) is 0 Å². The van der Waals surface area contributed by atoms with Crippen molar-refractivity contribution in [3.63, 3.8) is 0 Å². The van der Waals surface area contributed by atoms with Crippen molar-refractivity contribution < 1.29 is 0 Å². The maximum Gasteiger partial charge on any atom is 0.128 e. The molecule has 3 heteroatoms. The largest absolute Gasteiger partial charge is 0.359 e. The standard InChI is InChI=1S/C10H17N3/c1-9(7-11)8-13(2)10-5-3-4-6-12-10/h3-6,9H,7-8,11H2,1-2H3. The van der Waals surface area contributed by atoms with Crippen LogP contribution >= 0.6 is 0 Å². The molecule has 1 heterocycles. The Kier molecular flexibility index (Phi) is 3.71. The average molecular weight is 179 g/mol. The molecule has 0 aliphatic rings. The molecule has 0 aliphatic carbocycles. The molecule has 3 nitrogen and oxygen atoms in total. The topological polar surface area (TPSA) is 42.1 Å². The highest BCUT2D eigenvalue weighted by atomic mass is 15.2. The van der Waals surface area contributed by atoms with Crippen LogP contribution in [0.3, 0.4) is 0 Å². The Labute approximate surface area is 79.6 Å². The van der Waals surface area contributed by atoms with E-state index >= 15 is 0 Å². The van der Waals surface area contributed by atoms with Gasteiger partial charge in [-0.1, -0.05) is 13.0 Å². The first-order valence-electron chi connectivity index (χ1n) is 4.56. The Morgan fingerprint density at radius 2 is 2.31 bits per heavy atom. The van der Waals surface area contributed by atoms with Crippen LogP contribution in [0, 0.1) is 5.92 Å².